The summed E-state index contributed by atoms with van der Waals surface area (Å²) in [6.07, 6.45) is 6.11. The van der Waals surface area contributed by atoms with Crippen molar-refractivity contribution >= 4 is 11.8 Å². The van der Waals surface area contributed by atoms with Gasteiger partial charge in [-0.05, 0) is 54.9 Å². The molecule has 0 saturated heterocycles. The number of benzene rings is 2. The first kappa shape index (κ1) is 26.8. The van der Waals surface area contributed by atoms with Crippen LogP contribution in [-0.2, 0) is 21.5 Å². The Bertz CT molecular complexity index is 972. The van der Waals surface area contributed by atoms with Crippen LogP contribution in [0.4, 0.5) is 0 Å². The van der Waals surface area contributed by atoms with Crippen LogP contribution in [0.3, 0.4) is 0 Å². The smallest absolute Gasteiger partial charge is 0.261 e. The average molecular weight is 479 g/mol. The number of carbonyl (C=O) groups excluding carboxylic acids is 2. The molecular formula is C30H42N2O3. The maximum Gasteiger partial charge on any atom is 0.261 e. The van der Waals surface area contributed by atoms with Crippen molar-refractivity contribution in [2.24, 2.45) is 0 Å². The fourth-order valence-corrected chi connectivity index (χ4v) is 4.75. The summed E-state index contributed by atoms with van der Waals surface area (Å²) in [5, 5.41) is 3.22. The number of aryl methyl sites for hydroxylation is 1. The minimum atomic E-state index is -0.531. The zero-order valence-electron chi connectivity index (χ0n) is 22.1. The third-order valence-electron chi connectivity index (χ3n) is 6.86. The number of nitrogens with zero attached hydrogens (tertiary/aromatic N) is 1. The number of rotatable bonds is 9. The molecule has 1 atom stereocenters. The average Bonchev–Trinajstić information content (AvgIpc) is 2.83. The van der Waals surface area contributed by atoms with E-state index < -0.39 is 6.04 Å². The summed E-state index contributed by atoms with van der Waals surface area (Å²) in [6, 6.07) is 15.7. The van der Waals surface area contributed by atoms with Gasteiger partial charge >= 0.3 is 0 Å². The second-order valence-corrected chi connectivity index (χ2v) is 10.8. The van der Waals surface area contributed by atoms with Gasteiger partial charge in [0.15, 0.2) is 6.61 Å². The Labute approximate surface area is 211 Å². The summed E-state index contributed by atoms with van der Waals surface area (Å²) in [6.45, 7) is 10.8. The minimum absolute atomic E-state index is 0.0546. The quantitative estimate of drug-likeness (QED) is 0.486. The molecule has 5 nitrogen and oxygen atoms in total. The molecule has 1 N–H and O–H groups in total. The topological polar surface area (TPSA) is 58.6 Å². The van der Waals surface area contributed by atoms with E-state index in [2.05, 4.69) is 32.2 Å². The molecule has 0 spiro atoms. The second kappa shape index (κ2) is 12.2. The lowest BCUT2D eigenvalue weighted by Crippen LogP contribution is -2.52. The van der Waals surface area contributed by atoms with Crippen LogP contribution in [0.25, 0.3) is 0 Å². The van der Waals surface area contributed by atoms with Crippen LogP contribution in [0, 0.1) is 6.92 Å². The first-order valence-corrected chi connectivity index (χ1v) is 13.1. The summed E-state index contributed by atoms with van der Waals surface area (Å²) in [7, 11) is 0. The van der Waals surface area contributed by atoms with Crippen molar-refractivity contribution < 1.29 is 14.3 Å². The fraction of sp³-hybridized carbons (Fsp3) is 0.533. The van der Waals surface area contributed by atoms with E-state index in [9.17, 15) is 9.59 Å². The Kier molecular flexibility index (Phi) is 9.36. The molecule has 1 aliphatic carbocycles. The summed E-state index contributed by atoms with van der Waals surface area (Å²) < 4.78 is 5.88. The Hall–Kier alpha value is -2.82. The van der Waals surface area contributed by atoms with Gasteiger partial charge in [-0.25, -0.2) is 0 Å². The molecule has 1 fully saturated rings. The third kappa shape index (κ3) is 7.84. The van der Waals surface area contributed by atoms with Gasteiger partial charge in [-0.1, -0.05) is 88.9 Å². The Morgan fingerprint density at radius 1 is 1.06 bits per heavy atom. The molecule has 3 rings (SSSR count). The minimum Gasteiger partial charge on any atom is -0.484 e. The number of carbonyl (C=O) groups is 2. The Morgan fingerprint density at radius 3 is 2.34 bits per heavy atom. The largest absolute Gasteiger partial charge is 0.484 e. The van der Waals surface area contributed by atoms with E-state index in [4.69, 9.17) is 4.74 Å². The zero-order valence-corrected chi connectivity index (χ0v) is 22.1. The van der Waals surface area contributed by atoms with E-state index in [0.717, 1.165) is 36.8 Å². The predicted molar refractivity (Wildman–Crippen MR) is 141 cm³/mol. The maximum atomic E-state index is 13.4. The molecule has 190 valence electrons. The van der Waals surface area contributed by atoms with Crippen LogP contribution in [0.5, 0.6) is 5.75 Å². The third-order valence-corrected chi connectivity index (χ3v) is 6.86. The van der Waals surface area contributed by atoms with E-state index in [1.807, 2.05) is 56.3 Å². The van der Waals surface area contributed by atoms with Crippen LogP contribution in [0.1, 0.15) is 82.9 Å². The number of nitrogens with one attached hydrogen (secondary N) is 1. The molecule has 1 aliphatic rings. The summed E-state index contributed by atoms with van der Waals surface area (Å²) >= 11 is 0. The van der Waals surface area contributed by atoms with Crippen LogP contribution < -0.4 is 10.1 Å². The van der Waals surface area contributed by atoms with E-state index >= 15 is 0 Å². The normalized spacial score (nSPS) is 15.3. The van der Waals surface area contributed by atoms with Gasteiger partial charge in [-0.3, -0.25) is 9.59 Å². The second-order valence-electron chi connectivity index (χ2n) is 10.8. The van der Waals surface area contributed by atoms with Gasteiger partial charge in [-0.2, -0.15) is 0 Å². The van der Waals surface area contributed by atoms with Crippen LogP contribution in [-0.4, -0.2) is 35.4 Å². The highest BCUT2D eigenvalue weighted by Gasteiger charge is 2.30. The van der Waals surface area contributed by atoms with Gasteiger partial charge in [0.1, 0.15) is 11.8 Å². The van der Waals surface area contributed by atoms with Crippen LogP contribution >= 0.6 is 0 Å². The van der Waals surface area contributed by atoms with Crippen molar-refractivity contribution in [3.8, 4) is 5.75 Å². The lowest BCUT2D eigenvalue weighted by Gasteiger charge is -2.32. The molecule has 5 heteroatoms. The summed E-state index contributed by atoms with van der Waals surface area (Å²) in [5.41, 5.74) is 3.41. The highest BCUT2D eigenvalue weighted by molar-refractivity contribution is 5.88. The molecule has 0 radical (unpaired) electrons. The Balaban J connectivity index is 1.74. The lowest BCUT2D eigenvalue weighted by atomic mass is 9.87. The van der Waals surface area contributed by atoms with Crippen molar-refractivity contribution in [2.75, 3.05) is 6.61 Å². The molecule has 0 unspecified atom stereocenters. The summed E-state index contributed by atoms with van der Waals surface area (Å²) in [5.74, 6) is 0.411. The first-order valence-electron chi connectivity index (χ1n) is 13.1. The number of amides is 2. The molecule has 2 amide bonds. The number of hydrogen-bond acceptors (Lipinski definition) is 3. The lowest BCUT2D eigenvalue weighted by molar-refractivity contribution is -0.143. The molecular weight excluding hydrogens is 436 g/mol. The molecule has 0 aromatic heterocycles. The van der Waals surface area contributed by atoms with E-state index in [-0.39, 0.29) is 29.9 Å². The molecule has 35 heavy (non-hydrogen) atoms. The highest BCUT2D eigenvalue weighted by Crippen LogP contribution is 2.24. The van der Waals surface area contributed by atoms with Gasteiger partial charge in [-0.15, -0.1) is 0 Å². The van der Waals surface area contributed by atoms with Gasteiger partial charge in [0.2, 0.25) is 5.91 Å². The Morgan fingerprint density at radius 2 is 1.74 bits per heavy atom. The van der Waals surface area contributed by atoms with Gasteiger partial charge in [0, 0.05) is 12.6 Å². The van der Waals surface area contributed by atoms with Crippen molar-refractivity contribution in [1.29, 1.82) is 0 Å². The highest BCUT2D eigenvalue weighted by atomic mass is 16.5. The van der Waals surface area contributed by atoms with E-state index in [1.165, 1.54) is 12.0 Å². The zero-order chi connectivity index (χ0) is 25.4. The monoisotopic (exact) mass is 478 g/mol. The van der Waals surface area contributed by atoms with Crippen molar-refractivity contribution in [2.45, 2.75) is 97.2 Å². The SMILES string of the molecule is CC[C@@H](C(=O)NC1CCCCC1)N(Cc1cccc(C)c1)C(=O)COc1ccc(C(C)(C)C)cc1. The molecule has 0 aliphatic heterocycles. The summed E-state index contributed by atoms with van der Waals surface area (Å²) in [4.78, 5) is 28.4. The molecule has 1 saturated carbocycles. The van der Waals surface area contributed by atoms with Crippen molar-refractivity contribution in [1.82, 2.24) is 10.2 Å². The van der Waals surface area contributed by atoms with Gasteiger partial charge < -0.3 is 15.0 Å². The van der Waals surface area contributed by atoms with Gasteiger partial charge in [0.25, 0.3) is 5.91 Å². The van der Waals surface area contributed by atoms with Crippen LogP contribution in [0.15, 0.2) is 48.5 Å². The molecule has 2 aromatic carbocycles. The number of ether oxygens (including phenoxy) is 1. The standard InChI is InChI=1S/C30H42N2O3/c1-6-27(29(34)31-25-13-8-7-9-14-25)32(20-23-12-10-11-22(2)19-23)28(33)21-35-26-17-15-24(16-18-26)30(3,4)5/h10-12,15-19,25,27H,6-9,13-14,20-21H2,1-5H3,(H,31,34)/t27-/m0/s1. The fourth-order valence-electron chi connectivity index (χ4n) is 4.75. The van der Waals surface area contributed by atoms with E-state index in [0.29, 0.717) is 18.7 Å². The van der Waals surface area contributed by atoms with Crippen molar-refractivity contribution in [3.63, 3.8) is 0 Å². The molecule has 0 heterocycles. The molecule has 2 aromatic rings. The van der Waals surface area contributed by atoms with Crippen LogP contribution in [0.2, 0.25) is 0 Å². The maximum absolute atomic E-state index is 13.4. The van der Waals surface area contributed by atoms with Gasteiger partial charge in [0.05, 0.1) is 0 Å². The molecule has 0 bridgehead atoms. The number of hydrogen-bond donors (Lipinski definition) is 1. The first-order chi connectivity index (χ1) is 16.7. The van der Waals surface area contributed by atoms with Crippen molar-refractivity contribution in [3.05, 3.63) is 65.2 Å². The van der Waals surface area contributed by atoms with E-state index in [1.54, 1.807) is 4.90 Å². The predicted octanol–water partition coefficient (Wildman–Crippen LogP) is 5.93.